The van der Waals surface area contributed by atoms with Crippen LogP contribution in [0.15, 0.2) is 42.5 Å². The molecular weight excluding hydrogens is 372 g/mol. The SMILES string of the molecule is COC(=O)c1ccccc1C(=O)C1=CCCc2cc3c(cc21)C(C)(C)CCC3(C)C. The van der Waals surface area contributed by atoms with E-state index in [4.69, 9.17) is 4.74 Å². The topological polar surface area (TPSA) is 43.4 Å². The third-order valence-corrected chi connectivity index (χ3v) is 6.95. The lowest BCUT2D eigenvalue weighted by Gasteiger charge is -2.43. The number of rotatable bonds is 3. The summed E-state index contributed by atoms with van der Waals surface area (Å²) in [6.07, 6.45) is 6.10. The summed E-state index contributed by atoms with van der Waals surface area (Å²) in [7, 11) is 1.34. The first-order valence-corrected chi connectivity index (χ1v) is 10.8. The molecule has 3 heteroatoms. The van der Waals surface area contributed by atoms with Gasteiger partial charge in [-0.1, -0.05) is 58.0 Å². The van der Waals surface area contributed by atoms with Gasteiger partial charge in [-0.2, -0.15) is 0 Å². The number of hydrogen-bond donors (Lipinski definition) is 0. The Morgan fingerprint density at radius 2 is 1.50 bits per heavy atom. The highest BCUT2D eigenvalue weighted by molar-refractivity contribution is 6.31. The van der Waals surface area contributed by atoms with E-state index in [2.05, 4.69) is 39.8 Å². The fraction of sp³-hybridized carbons (Fsp3) is 0.407. The second-order valence-corrected chi connectivity index (χ2v) is 9.85. The molecule has 0 spiro atoms. The highest BCUT2D eigenvalue weighted by atomic mass is 16.5. The van der Waals surface area contributed by atoms with Crippen LogP contribution in [0.4, 0.5) is 0 Å². The highest BCUT2D eigenvalue weighted by Gasteiger charge is 2.38. The number of carbonyl (C=O) groups is 2. The monoisotopic (exact) mass is 402 g/mol. The standard InChI is InChI=1S/C27H30O3/c1-26(2)13-14-27(3,4)23-16-21-17(15-22(23)26)9-8-12-19(21)24(28)18-10-6-7-11-20(18)25(29)30-5/h6-7,10-12,15-16H,8-9,13-14H2,1-5H3. The number of hydrogen-bond acceptors (Lipinski definition) is 3. The Bertz CT molecular complexity index is 1070. The largest absolute Gasteiger partial charge is 0.465 e. The van der Waals surface area contributed by atoms with E-state index in [0.717, 1.165) is 24.8 Å². The van der Waals surface area contributed by atoms with Crippen molar-refractivity contribution in [3.63, 3.8) is 0 Å². The van der Waals surface area contributed by atoms with Crippen LogP contribution in [-0.4, -0.2) is 18.9 Å². The Labute approximate surface area is 179 Å². The molecule has 30 heavy (non-hydrogen) atoms. The number of carbonyl (C=O) groups excluding carboxylic acids is 2. The molecule has 0 saturated heterocycles. The van der Waals surface area contributed by atoms with Gasteiger partial charge in [0.2, 0.25) is 0 Å². The van der Waals surface area contributed by atoms with E-state index in [1.54, 1.807) is 24.3 Å². The second-order valence-electron chi connectivity index (χ2n) is 9.85. The number of aryl methyl sites for hydroxylation is 1. The van der Waals surface area contributed by atoms with Gasteiger partial charge in [0.25, 0.3) is 0 Å². The minimum absolute atomic E-state index is 0.0788. The van der Waals surface area contributed by atoms with E-state index in [1.807, 2.05) is 6.08 Å². The average molecular weight is 403 g/mol. The fourth-order valence-corrected chi connectivity index (χ4v) is 4.93. The summed E-state index contributed by atoms with van der Waals surface area (Å²) >= 11 is 0. The molecule has 0 fully saturated rings. The molecule has 0 N–H and O–H groups in total. The Morgan fingerprint density at radius 1 is 0.900 bits per heavy atom. The number of Topliss-reactive ketones (excluding diaryl/α,β-unsaturated/α-hetero) is 1. The molecule has 0 bridgehead atoms. The zero-order valence-corrected chi connectivity index (χ0v) is 18.6. The molecule has 4 rings (SSSR count). The minimum atomic E-state index is -0.482. The highest BCUT2D eigenvalue weighted by Crippen LogP contribution is 2.48. The van der Waals surface area contributed by atoms with Crippen molar-refractivity contribution in [2.45, 2.75) is 64.2 Å². The number of allylic oxidation sites excluding steroid dienone is 2. The summed E-state index contributed by atoms with van der Waals surface area (Å²) < 4.78 is 4.90. The van der Waals surface area contributed by atoms with Crippen LogP contribution in [0.2, 0.25) is 0 Å². The minimum Gasteiger partial charge on any atom is -0.465 e. The first-order chi connectivity index (χ1) is 14.2. The van der Waals surface area contributed by atoms with Crippen molar-refractivity contribution in [3.8, 4) is 0 Å². The van der Waals surface area contributed by atoms with Gasteiger partial charge in [0, 0.05) is 11.1 Å². The molecule has 2 aromatic rings. The maximum atomic E-state index is 13.6. The zero-order chi connectivity index (χ0) is 21.7. The molecule has 2 aromatic carbocycles. The van der Waals surface area contributed by atoms with Gasteiger partial charge in [-0.3, -0.25) is 4.79 Å². The van der Waals surface area contributed by atoms with Crippen LogP contribution in [0.3, 0.4) is 0 Å². The summed E-state index contributed by atoms with van der Waals surface area (Å²) in [4.78, 5) is 25.8. The number of benzene rings is 2. The van der Waals surface area contributed by atoms with Gasteiger partial charge in [0.1, 0.15) is 0 Å². The van der Waals surface area contributed by atoms with Gasteiger partial charge in [-0.05, 0) is 70.9 Å². The number of esters is 1. The Morgan fingerprint density at radius 3 is 2.13 bits per heavy atom. The average Bonchev–Trinajstić information content (AvgIpc) is 2.74. The maximum Gasteiger partial charge on any atom is 0.338 e. The van der Waals surface area contributed by atoms with E-state index >= 15 is 0 Å². The molecule has 0 aliphatic heterocycles. The van der Waals surface area contributed by atoms with Gasteiger partial charge in [-0.15, -0.1) is 0 Å². The lowest BCUT2D eigenvalue weighted by molar-refractivity contribution is 0.0597. The Balaban J connectivity index is 1.85. The Kier molecular flexibility index (Phi) is 4.96. The van der Waals surface area contributed by atoms with Crippen molar-refractivity contribution < 1.29 is 14.3 Å². The van der Waals surface area contributed by atoms with Gasteiger partial charge in [-0.25, -0.2) is 4.79 Å². The predicted octanol–water partition coefficient (Wildman–Crippen LogP) is 6.03. The van der Waals surface area contributed by atoms with Gasteiger partial charge in [0.05, 0.1) is 12.7 Å². The normalized spacial score (nSPS) is 18.6. The van der Waals surface area contributed by atoms with E-state index in [0.29, 0.717) is 16.7 Å². The molecule has 2 aliphatic carbocycles. The lowest BCUT2D eigenvalue weighted by Crippen LogP contribution is -2.34. The third-order valence-electron chi connectivity index (χ3n) is 6.95. The molecule has 3 nitrogen and oxygen atoms in total. The van der Waals surface area contributed by atoms with Crippen LogP contribution in [0.25, 0.3) is 5.57 Å². The van der Waals surface area contributed by atoms with Crippen LogP contribution in [0, 0.1) is 0 Å². The van der Waals surface area contributed by atoms with Crippen molar-refractivity contribution in [1.29, 1.82) is 0 Å². The molecular formula is C27H30O3. The van der Waals surface area contributed by atoms with Crippen molar-refractivity contribution in [2.75, 3.05) is 7.11 Å². The van der Waals surface area contributed by atoms with Crippen molar-refractivity contribution in [3.05, 3.63) is 75.9 Å². The quantitative estimate of drug-likeness (QED) is 0.465. The van der Waals surface area contributed by atoms with E-state index in [1.165, 1.54) is 30.2 Å². The van der Waals surface area contributed by atoms with E-state index in [9.17, 15) is 9.59 Å². The summed E-state index contributed by atoms with van der Waals surface area (Å²) in [5, 5.41) is 0. The second kappa shape index (κ2) is 7.23. The van der Waals surface area contributed by atoms with Crippen LogP contribution in [0.5, 0.6) is 0 Å². The first kappa shape index (κ1) is 20.6. The molecule has 0 atom stereocenters. The molecule has 0 saturated carbocycles. The summed E-state index contributed by atoms with van der Waals surface area (Å²) in [5.41, 5.74) is 6.67. The van der Waals surface area contributed by atoms with Gasteiger partial charge >= 0.3 is 5.97 Å². The van der Waals surface area contributed by atoms with Crippen molar-refractivity contribution in [2.24, 2.45) is 0 Å². The molecule has 0 heterocycles. The predicted molar refractivity (Wildman–Crippen MR) is 120 cm³/mol. The molecule has 2 aliphatic rings. The van der Waals surface area contributed by atoms with Crippen LogP contribution in [-0.2, 0) is 22.0 Å². The number of fused-ring (bicyclic) bond motifs is 2. The summed E-state index contributed by atoms with van der Waals surface area (Å²) in [6, 6.07) is 11.5. The smallest absolute Gasteiger partial charge is 0.338 e. The molecule has 0 radical (unpaired) electrons. The molecule has 0 unspecified atom stereocenters. The number of ether oxygens (including phenoxy) is 1. The van der Waals surface area contributed by atoms with Gasteiger partial charge < -0.3 is 4.74 Å². The molecule has 0 aromatic heterocycles. The summed E-state index contributed by atoms with van der Waals surface area (Å²) in [6.45, 7) is 9.25. The van der Waals surface area contributed by atoms with Crippen LogP contribution in [0.1, 0.15) is 89.9 Å². The third kappa shape index (κ3) is 3.30. The lowest BCUT2D eigenvalue weighted by atomic mass is 9.62. The summed E-state index contributed by atoms with van der Waals surface area (Å²) in [5.74, 6) is -0.589. The Hall–Kier alpha value is -2.68. The number of ketones is 1. The maximum absolute atomic E-state index is 13.6. The number of methoxy groups -OCH3 is 1. The van der Waals surface area contributed by atoms with Crippen LogP contribution >= 0.6 is 0 Å². The fourth-order valence-electron chi connectivity index (χ4n) is 4.93. The van der Waals surface area contributed by atoms with E-state index in [-0.39, 0.29) is 16.6 Å². The van der Waals surface area contributed by atoms with Crippen molar-refractivity contribution >= 4 is 17.3 Å². The van der Waals surface area contributed by atoms with Crippen LogP contribution < -0.4 is 0 Å². The zero-order valence-electron chi connectivity index (χ0n) is 18.6. The van der Waals surface area contributed by atoms with Gasteiger partial charge in [0.15, 0.2) is 5.78 Å². The molecule has 156 valence electrons. The van der Waals surface area contributed by atoms with E-state index < -0.39 is 5.97 Å². The molecule has 0 amide bonds. The first-order valence-electron chi connectivity index (χ1n) is 10.8. The van der Waals surface area contributed by atoms with Crippen molar-refractivity contribution in [1.82, 2.24) is 0 Å².